The Labute approximate surface area is 123 Å². The molecule has 0 radical (unpaired) electrons. The number of anilines is 2. The molecule has 0 fully saturated rings. The van der Waals surface area contributed by atoms with Crippen LogP contribution in [0, 0.1) is 5.82 Å². The number of alkyl halides is 1. The molecule has 2 rings (SSSR count). The molecule has 0 atom stereocenters. The summed E-state index contributed by atoms with van der Waals surface area (Å²) >= 11 is 6.98. The van der Waals surface area contributed by atoms with Crippen LogP contribution < -0.4 is 4.90 Å². The van der Waals surface area contributed by atoms with Crippen molar-refractivity contribution < 1.29 is 4.39 Å². The van der Waals surface area contributed by atoms with Gasteiger partial charge in [0.2, 0.25) is 0 Å². The van der Waals surface area contributed by atoms with Crippen LogP contribution in [-0.4, -0.2) is 7.05 Å². The first-order valence-corrected chi connectivity index (χ1v) is 7.37. The first-order valence-electron chi connectivity index (χ1n) is 5.45. The molecular weight excluding hydrogens is 361 g/mol. The summed E-state index contributed by atoms with van der Waals surface area (Å²) < 4.78 is 13.9. The van der Waals surface area contributed by atoms with Crippen LogP contribution in [0.3, 0.4) is 0 Å². The van der Waals surface area contributed by atoms with Gasteiger partial charge in [-0.2, -0.15) is 0 Å². The maximum absolute atomic E-state index is 12.9. The monoisotopic (exact) mass is 371 g/mol. The Kier molecular flexibility index (Phi) is 4.40. The molecule has 0 aliphatic rings. The number of hydrogen-bond acceptors (Lipinski definition) is 1. The van der Waals surface area contributed by atoms with Crippen LogP contribution in [0.1, 0.15) is 5.56 Å². The van der Waals surface area contributed by atoms with E-state index in [-0.39, 0.29) is 5.82 Å². The highest BCUT2D eigenvalue weighted by Crippen LogP contribution is 2.29. The summed E-state index contributed by atoms with van der Waals surface area (Å²) in [5.41, 5.74) is 3.21. The lowest BCUT2D eigenvalue weighted by atomic mass is 10.2. The molecule has 1 nitrogen and oxygen atoms in total. The van der Waals surface area contributed by atoms with Crippen LogP contribution >= 0.6 is 31.9 Å². The average Bonchev–Trinajstić information content (AvgIpc) is 2.38. The molecule has 0 saturated carbocycles. The number of benzene rings is 2. The van der Waals surface area contributed by atoms with Crippen molar-refractivity contribution in [3.8, 4) is 0 Å². The van der Waals surface area contributed by atoms with Crippen molar-refractivity contribution in [2.45, 2.75) is 5.33 Å². The van der Waals surface area contributed by atoms with Gasteiger partial charge in [0.25, 0.3) is 0 Å². The quantitative estimate of drug-likeness (QED) is 0.665. The summed E-state index contributed by atoms with van der Waals surface area (Å²) in [5, 5.41) is 0.814. The summed E-state index contributed by atoms with van der Waals surface area (Å²) in [5.74, 6) is -0.219. The number of halogens is 3. The van der Waals surface area contributed by atoms with Crippen LogP contribution in [-0.2, 0) is 5.33 Å². The van der Waals surface area contributed by atoms with E-state index in [0.29, 0.717) is 0 Å². The van der Waals surface area contributed by atoms with E-state index in [0.717, 1.165) is 21.2 Å². The van der Waals surface area contributed by atoms with E-state index in [1.54, 1.807) is 12.1 Å². The molecule has 0 heterocycles. The number of hydrogen-bond donors (Lipinski definition) is 0. The van der Waals surface area contributed by atoms with E-state index in [2.05, 4.69) is 44.0 Å². The van der Waals surface area contributed by atoms with Gasteiger partial charge in [-0.3, -0.25) is 0 Å². The fraction of sp³-hybridized carbons (Fsp3) is 0.143. The summed E-state index contributed by atoms with van der Waals surface area (Å²) in [6.45, 7) is 0. The van der Waals surface area contributed by atoms with Gasteiger partial charge in [0.1, 0.15) is 5.82 Å². The third-order valence-electron chi connectivity index (χ3n) is 2.78. The molecule has 0 aromatic heterocycles. The Morgan fingerprint density at radius 3 is 2.22 bits per heavy atom. The van der Waals surface area contributed by atoms with Crippen molar-refractivity contribution in [1.82, 2.24) is 0 Å². The minimum Gasteiger partial charge on any atom is -0.345 e. The van der Waals surface area contributed by atoms with Crippen molar-refractivity contribution in [3.63, 3.8) is 0 Å². The van der Waals surface area contributed by atoms with Crippen molar-refractivity contribution >= 4 is 43.2 Å². The van der Waals surface area contributed by atoms with Crippen LogP contribution in [0.15, 0.2) is 46.9 Å². The Morgan fingerprint density at radius 1 is 1.06 bits per heavy atom. The minimum absolute atomic E-state index is 0.219. The highest BCUT2D eigenvalue weighted by molar-refractivity contribution is 9.10. The molecule has 94 valence electrons. The Morgan fingerprint density at radius 2 is 1.67 bits per heavy atom. The van der Waals surface area contributed by atoms with Gasteiger partial charge >= 0.3 is 0 Å². The lowest BCUT2D eigenvalue weighted by Crippen LogP contribution is -2.09. The molecule has 0 saturated heterocycles. The second-order valence-corrected chi connectivity index (χ2v) is 5.36. The number of rotatable bonds is 3. The van der Waals surface area contributed by atoms with Gasteiger partial charge in [-0.15, -0.1) is 0 Å². The molecule has 2 aromatic rings. The van der Waals surface area contributed by atoms with E-state index >= 15 is 0 Å². The molecule has 0 bridgehead atoms. The van der Waals surface area contributed by atoms with Crippen molar-refractivity contribution in [3.05, 3.63) is 58.3 Å². The molecule has 4 heteroatoms. The normalized spacial score (nSPS) is 10.4. The van der Waals surface area contributed by atoms with Gasteiger partial charge in [-0.1, -0.05) is 37.9 Å². The Hall–Kier alpha value is -0.870. The molecule has 0 aliphatic carbocycles. The predicted octanol–water partition coefficient (Wildman–Crippen LogP) is 5.25. The zero-order chi connectivity index (χ0) is 13.1. The van der Waals surface area contributed by atoms with Crippen LogP contribution in [0.25, 0.3) is 0 Å². The van der Waals surface area contributed by atoms with Crippen LogP contribution in [0.5, 0.6) is 0 Å². The average molecular weight is 373 g/mol. The van der Waals surface area contributed by atoms with Gasteiger partial charge < -0.3 is 4.90 Å². The first-order chi connectivity index (χ1) is 8.61. The number of nitrogens with zero attached hydrogens (tertiary/aromatic N) is 1. The Bertz CT molecular complexity index is 540. The fourth-order valence-corrected chi connectivity index (χ4v) is 3.04. The predicted molar refractivity (Wildman–Crippen MR) is 81.2 cm³/mol. The van der Waals surface area contributed by atoms with Gasteiger partial charge in [-0.05, 0) is 42.0 Å². The van der Waals surface area contributed by atoms with Crippen molar-refractivity contribution in [1.29, 1.82) is 0 Å². The SMILES string of the molecule is CN(c1ccc(F)cc1)c1ccc(CBr)c(Br)c1. The maximum Gasteiger partial charge on any atom is 0.123 e. The smallest absolute Gasteiger partial charge is 0.123 e. The second-order valence-electron chi connectivity index (χ2n) is 3.94. The minimum atomic E-state index is -0.219. The summed E-state index contributed by atoms with van der Waals surface area (Å²) in [4.78, 5) is 2.02. The third kappa shape index (κ3) is 2.93. The summed E-state index contributed by atoms with van der Waals surface area (Å²) in [7, 11) is 1.96. The molecule has 18 heavy (non-hydrogen) atoms. The molecule has 0 amide bonds. The lowest BCUT2D eigenvalue weighted by Gasteiger charge is -2.20. The van der Waals surface area contributed by atoms with Gasteiger partial charge in [0.05, 0.1) is 0 Å². The highest BCUT2D eigenvalue weighted by Gasteiger charge is 2.06. The molecule has 0 unspecified atom stereocenters. The molecular formula is C14H12Br2FN. The topological polar surface area (TPSA) is 3.24 Å². The van der Waals surface area contributed by atoms with E-state index in [9.17, 15) is 4.39 Å². The summed E-state index contributed by atoms with van der Waals surface area (Å²) in [6, 6.07) is 12.6. The second kappa shape index (κ2) is 5.85. The Balaban J connectivity index is 2.31. The molecule has 0 aliphatic heterocycles. The van der Waals surface area contributed by atoms with E-state index in [1.165, 1.54) is 17.7 Å². The standard InChI is InChI=1S/C14H12Br2FN/c1-18(12-6-3-11(17)4-7-12)13-5-2-10(9-15)14(16)8-13/h2-8H,9H2,1H3. The third-order valence-corrected chi connectivity index (χ3v) is 4.12. The first kappa shape index (κ1) is 13.6. The van der Waals surface area contributed by atoms with Crippen molar-refractivity contribution in [2.75, 3.05) is 11.9 Å². The summed E-state index contributed by atoms with van der Waals surface area (Å²) in [6.07, 6.45) is 0. The van der Waals surface area contributed by atoms with E-state index < -0.39 is 0 Å². The van der Waals surface area contributed by atoms with Crippen LogP contribution in [0.2, 0.25) is 0 Å². The molecule has 2 aromatic carbocycles. The van der Waals surface area contributed by atoms with Crippen LogP contribution in [0.4, 0.5) is 15.8 Å². The van der Waals surface area contributed by atoms with Gasteiger partial charge in [-0.25, -0.2) is 4.39 Å². The largest absolute Gasteiger partial charge is 0.345 e. The highest BCUT2D eigenvalue weighted by atomic mass is 79.9. The zero-order valence-corrected chi connectivity index (χ0v) is 13.0. The maximum atomic E-state index is 12.9. The zero-order valence-electron chi connectivity index (χ0n) is 9.83. The lowest BCUT2D eigenvalue weighted by molar-refractivity contribution is 0.628. The molecule has 0 spiro atoms. The van der Waals surface area contributed by atoms with E-state index in [4.69, 9.17) is 0 Å². The van der Waals surface area contributed by atoms with Crippen molar-refractivity contribution in [2.24, 2.45) is 0 Å². The fourth-order valence-electron chi connectivity index (χ4n) is 1.67. The van der Waals surface area contributed by atoms with E-state index in [1.807, 2.05) is 18.0 Å². The van der Waals surface area contributed by atoms with Gasteiger partial charge in [0, 0.05) is 28.2 Å². The van der Waals surface area contributed by atoms with Gasteiger partial charge in [0.15, 0.2) is 0 Å². The molecule has 0 N–H and O–H groups in total.